The molecular formula is C23H39N3O3. The molecule has 0 bridgehead atoms. The number of hydrogen-bond acceptors (Lipinski definition) is 4. The maximum atomic E-state index is 5.65. The Morgan fingerprint density at radius 2 is 1.79 bits per heavy atom. The average molecular weight is 406 g/mol. The van der Waals surface area contributed by atoms with Crippen molar-refractivity contribution in [2.24, 2.45) is 4.99 Å². The Bertz CT molecular complexity index is 584. The van der Waals surface area contributed by atoms with Gasteiger partial charge in [-0.05, 0) is 50.3 Å². The van der Waals surface area contributed by atoms with E-state index >= 15 is 0 Å². The molecule has 2 N–H and O–H groups in total. The first kappa shape index (κ1) is 23.5. The zero-order valence-corrected chi connectivity index (χ0v) is 18.5. The van der Waals surface area contributed by atoms with Crippen LogP contribution in [0.1, 0.15) is 51.5 Å². The second kappa shape index (κ2) is 13.4. The van der Waals surface area contributed by atoms with Gasteiger partial charge in [0.1, 0.15) is 5.75 Å². The topological polar surface area (TPSA) is 64.1 Å². The van der Waals surface area contributed by atoms with E-state index in [9.17, 15) is 0 Å². The smallest absolute Gasteiger partial charge is 0.191 e. The van der Waals surface area contributed by atoms with Gasteiger partial charge in [0.05, 0.1) is 13.7 Å². The molecule has 1 aromatic carbocycles. The minimum absolute atomic E-state index is 0.0101. The lowest BCUT2D eigenvalue weighted by Crippen LogP contribution is -2.41. The molecule has 0 unspecified atom stereocenters. The summed E-state index contributed by atoms with van der Waals surface area (Å²) in [5.74, 6) is 1.76. The fourth-order valence-corrected chi connectivity index (χ4v) is 3.55. The van der Waals surface area contributed by atoms with Crippen molar-refractivity contribution >= 4 is 5.96 Å². The second-order valence-corrected chi connectivity index (χ2v) is 7.56. The van der Waals surface area contributed by atoms with E-state index in [4.69, 9.17) is 19.2 Å². The van der Waals surface area contributed by atoms with Crippen molar-refractivity contribution in [3.8, 4) is 5.75 Å². The van der Waals surface area contributed by atoms with Crippen LogP contribution < -0.4 is 15.4 Å². The van der Waals surface area contributed by atoms with E-state index < -0.39 is 0 Å². The highest BCUT2D eigenvalue weighted by Crippen LogP contribution is 2.36. The molecule has 2 rings (SSSR count). The van der Waals surface area contributed by atoms with Crippen molar-refractivity contribution in [1.29, 1.82) is 0 Å². The van der Waals surface area contributed by atoms with Gasteiger partial charge in [0.2, 0.25) is 0 Å². The Balaban J connectivity index is 1.96. The third kappa shape index (κ3) is 7.86. The van der Waals surface area contributed by atoms with Crippen LogP contribution in [0, 0.1) is 0 Å². The van der Waals surface area contributed by atoms with Crippen molar-refractivity contribution in [2.45, 2.75) is 51.4 Å². The van der Waals surface area contributed by atoms with Gasteiger partial charge in [0.15, 0.2) is 5.96 Å². The number of guanidine groups is 1. The van der Waals surface area contributed by atoms with Crippen molar-refractivity contribution in [1.82, 2.24) is 10.6 Å². The Hall–Kier alpha value is -1.79. The van der Waals surface area contributed by atoms with E-state index in [2.05, 4.69) is 36.6 Å². The minimum atomic E-state index is 0.0101. The third-order valence-corrected chi connectivity index (χ3v) is 5.44. The molecule has 0 aliphatic carbocycles. The molecule has 0 spiro atoms. The molecule has 0 atom stereocenters. The van der Waals surface area contributed by atoms with Gasteiger partial charge in [-0.2, -0.15) is 0 Å². The molecule has 6 nitrogen and oxygen atoms in total. The molecule has 1 heterocycles. The highest BCUT2D eigenvalue weighted by Gasteiger charge is 2.34. The molecule has 1 aliphatic heterocycles. The zero-order chi connectivity index (χ0) is 20.8. The van der Waals surface area contributed by atoms with E-state index in [0.29, 0.717) is 0 Å². The van der Waals surface area contributed by atoms with Crippen molar-refractivity contribution < 1.29 is 14.2 Å². The highest BCUT2D eigenvalue weighted by molar-refractivity contribution is 5.79. The van der Waals surface area contributed by atoms with Gasteiger partial charge >= 0.3 is 0 Å². The van der Waals surface area contributed by atoms with Gasteiger partial charge in [0, 0.05) is 44.9 Å². The number of unbranched alkanes of at least 4 members (excludes halogenated alkanes) is 1. The fourth-order valence-electron chi connectivity index (χ4n) is 3.55. The summed E-state index contributed by atoms with van der Waals surface area (Å²) in [7, 11) is 1.70. The first-order valence-electron chi connectivity index (χ1n) is 11.1. The van der Waals surface area contributed by atoms with Crippen LogP contribution in [-0.2, 0) is 14.9 Å². The van der Waals surface area contributed by atoms with E-state index in [1.165, 1.54) is 12.0 Å². The maximum Gasteiger partial charge on any atom is 0.191 e. The Morgan fingerprint density at radius 3 is 2.45 bits per heavy atom. The summed E-state index contributed by atoms with van der Waals surface area (Å²) in [5, 5.41) is 6.81. The molecule has 0 aromatic heterocycles. The Morgan fingerprint density at radius 1 is 1.07 bits per heavy atom. The Kier molecular flexibility index (Phi) is 10.9. The Labute approximate surface area is 176 Å². The summed E-state index contributed by atoms with van der Waals surface area (Å²) >= 11 is 0. The number of ether oxygens (including phenoxy) is 3. The summed E-state index contributed by atoms with van der Waals surface area (Å²) in [6.07, 6.45) is 5.25. The number of hydrogen-bond donors (Lipinski definition) is 2. The van der Waals surface area contributed by atoms with E-state index in [-0.39, 0.29) is 5.41 Å². The number of nitrogens with one attached hydrogen (secondary N) is 2. The minimum Gasteiger partial charge on any atom is -0.497 e. The summed E-state index contributed by atoms with van der Waals surface area (Å²) in [4.78, 5) is 4.94. The lowest BCUT2D eigenvalue weighted by Gasteiger charge is -2.36. The summed E-state index contributed by atoms with van der Waals surface area (Å²) in [6.45, 7) is 9.93. The second-order valence-electron chi connectivity index (χ2n) is 7.56. The van der Waals surface area contributed by atoms with E-state index in [1.807, 2.05) is 12.1 Å². The molecular weight excluding hydrogens is 366 g/mol. The largest absolute Gasteiger partial charge is 0.497 e. The van der Waals surface area contributed by atoms with Crippen molar-refractivity contribution in [3.63, 3.8) is 0 Å². The molecule has 1 aromatic rings. The predicted molar refractivity (Wildman–Crippen MR) is 119 cm³/mol. The molecule has 0 saturated carbocycles. The number of methoxy groups -OCH3 is 1. The van der Waals surface area contributed by atoms with Gasteiger partial charge in [-0.1, -0.05) is 25.5 Å². The summed E-state index contributed by atoms with van der Waals surface area (Å²) in [6, 6.07) is 8.43. The van der Waals surface area contributed by atoms with Gasteiger partial charge in [0.25, 0.3) is 0 Å². The fraction of sp³-hybridized carbons (Fsp3) is 0.696. The molecule has 1 saturated heterocycles. The predicted octanol–water partition coefficient (Wildman–Crippen LogP) is 3.51. The average Bonchev–Trinajstić information content (AvgIpc) is 2.77. The standard InChI is InChI=1S/C23H39N3O3/c1-4-6-15-28-16-7-14-25-22(24-5-2)26-19-23(12-17-29-18-13-23)20-8-10-21(27-3)11-9-20/h8-11H,4-7,12-19H2,1-3H3,(H2,24,25,26). The zero-order valence-electron chi connectivity index (χ0n) is 18.5. The van der Waals surface area contributed by atoms with Crippen LogP contribution in [0.25, 0.3) is 0 Å². The summed E-state index contributed by atoms with van der Waals surface area (Å²) in [5.41, 5.74) is 1.32. The lowest BCUT2D eigenvalue weighted by atomic mass is 9.74. The molecule has 0 amide bonds. The number of nitrogens with zero attached hydrogens (tertiary/aromatic N) is 1. The van der Waals surface area contributed by atoms with Crippen LogP contribution in [0.5, 0.6) is 5.75 Å². The molecule has 6 heteroatoms. The van der Waals surface area contributed by atoms with Crippen molar-refractivity contribution in [2.75, 3.05) is 53.2 Å². The van der Waals surface area contributed by atoms with Crippen LogP contribution >= 0.6 is 0 Å². The number of rotatable bonds is 12. The van der Waals surface area contributed by atoms with Crippen LogP contribution in [-0.4, -0.2) is 59.1 Å². The molecule has 1 aliphatic rings. The third-order valence-electron chi connectivity index (χ3n) is 5.44. The quantitative estimate of drug-likeness (QED) is 0.317. The summed E-state index contributed by atoms with van der Waals surface area (Å²) < 4.78 is 16.6. The van der Waals surface area contributed by atoms with Gasteiger partial charge in [-0.25, -0.2) is 0 Å². The number of aliphatic imine (C=N–C) groups is 1. The lowest BCUT2D eigenvalue weighted by molar-refractivity contribution is 0.0531. The van der Waals surface area contributed by atoms with Gasteiger partial charge < -0.3 is 24.8 Å². The molecule has 0 radical (unpaired) electrons. The first-order chi connectivity index (χ1) is 14.2. The monoisotopic (exact) mass is 405 g/mol. The van der Waals surface area contributed by atoms with E-state index in [1.54, 1.807) is 7.11 Å². The van der Waals surface area contributed by atoms with Crippen LogP contribution in [0.3, 0.4) is 0 Å². The van der Waals surface area contributed by atoms with Crippen LogP contribution in [0.4, 0.5) is 0 Å². The van der Waals surface area contributed by atoms with Gasteiger partial charge in [-0.3, -0.25) is 4.99 Å². The first-order valence-corrected chi connectivity index (χ1v) is 11.1. The number of benzene rings is 1. The van der Waals surface area contributed by atoms with Crippen LogP contribution in [0.2, 0.25) is 0 Å². The SMILES string of the molecule is CCCCOCCCNC(=NCC1(c2ccc(OC)cc2)CCOCC1)NCC. The molecule has 164 valence electrons. The molecule has 29 heavy (non-hydrogen) atoms. The van der Waals surface area contributed by atoms with Gasteiger partial charge in [-0.15, -0.1) is 0 Å². The van der Waals surface area contributed by atoms with Crippen LogP contribution in [0.15, 0.2) is 29.3 Å². The maximum absolute atomic E-state index is 5.65. The van der Waals surface area contributed by atoms with Crippen molar-refractivity contribution in [3.05, 3.63) is 29.8 Å². The highest BCUT2D eigenvalue weighted by atomic mass is 16.5. The molecule has 1 fully saturated rings. The van der Waals surface area contributed by atoms with E-state index in [0.717, 1.165) is 83.5 Å². The normalized spacial score (nSPS) is 16.4.